The maximum atomic E-state index is 12.6. The largest absolute Gasteiger partial charge is 0.325 e. The Morgan fingerprint density at radius 1 is 1.21 bits per heavy atom. The Hall–Kier alpha value is -1.74. The van der Waals surface area contributed by atoms with E-state index in [0.29, 0.717) is 42.9 Å². The van der Waals surface area contributed by atoms with E-state index in [2.05, 4.69) is 25.2 Å². The molecule has 0 aliphatic carbocycles. The smallest absolute Gasteiger partial charge is 0.279 e. The number of hydrogen-bond donors (Lipinski definition) is 2. The summed E-state index contributed by atoms with van der Waals surface area (Å²) < 4.78 is 27.1. The average molecular weight is 423 g/mol. The van der Waals surface area contributed by atoms with Gasteiger partial charge in [-0.2, -0.15) is 4.31 Å². The molecule has 0 radical (unpaired) electrons. The molecule has 2 aromatic rings. The molecule has 6 nitrogen and oxygen atoms in total. The first kappa shape index (κ1) is 21.0. The summed E-state index contributed by atoms with van der Waals surface area (Å²) in [4.78, 5) is 13.7. The number of nitrogens with zero attached hydrogens (tertiary/aromatic N) is 1. The minimum Gasteiger partial charge on any atom is -0.325 e. The minimum atomic E-state index is -3.40. The summed E-state index contributed by atoms with van der Waals surface area (Å²) in [6.07, 6.45) is 1.01. The molecule has 0 bridgehead atoms. The number of amides is 1. The zero-order valence-electron chi connectivity index (χ0n) is 16.3. The van der Waals surface area contributed by atoms with Gasteiger partial charge in [0.05, 0.1) is 26.2 Å². The van der Waals surface area contributed by atoms with Crippen molar-refractivity contribution in [2.24, 2.45) is 0 Å². The second-order valence-corrected chi connectivity index (χ2v) is 10.3. The number of para-hydroxylation sites is 1. The second-order valence-electron chi connectivity index (χ2n) is 7.21. The first-order valence-electron chi connectivity index (χ1n) is 9.67. The Labute approximate surface area is 171 Å². The number of quaternary nitrogens is 1. The molecule has 2 heterocycles. The van der Waals surface area contributed by atoms with Crippen LogP contribution in [0, 0.1) is 0 Å². The molecule has 152 valence electrons. The number of nitrogens with one attached hydrogen (secondary N) is 2. The van der Waals surface area contributed by atoms with Crippen molar-refractivity contribution in [3.63, 3.8) is 0 Å². The highest BCUT2D eigenvalue weighted by molar-refractivity contribution is 7.91. The molecule has 1 amide bonds. The molecule has 2 N–H and O–H groups in total. The lowest BCUT2D eigenvalue weighted by Gasteiger charge is -2.30. The average Bonchev–Trinajstić information content (AvgIpc) is 3.24. The van der Waals surface area contributed by atoms with E-state index < -0.39 is 10.0 Å². The molecule has 1 aromatic carbocycles. The van der Waals surface area contributed by atoms with Crippen LogP contribution in [0.5, 0.6) is 0 Å². The van der Waals surface area contributed by atoms with Crippen LogP contribution >= 0.6 is 11.3 Å². The van der Waals surface area contributed by atoms with Gasteiger partial charge in [-0.1, -0.05) is 38.1 Å². The highest BCUT2D eigenvalue weighted by Gasteiger charge is 2.31. The van der Waals surface area contributed by atoms with Crippen LogP contribution in [0.25, 0.3) is 0 Å². The van der Waals surface area contributed by atoms with Gasteiger partial charge in [0.1, 0.15) is 4.21 Å². The van der Waals surface area contributed by atoms with E-state index in [9.17, 15) is 13.2 Å². The molecule has 0 unspecified atom stereocenters. The van der Waals surface area contributed by atoms with Crippen LogP contribution in [0.3, 0.4) is 0 Å². The molecule has 3 rings (SSSR count). The van der Waals surface area contributed by atoms with E-state index in [1.54, 1.807) is 17.5 Å². The zero-order valence-corrected chi connectivity index (χ0v) is 18.0. The third-order valence-electron chi connectivity index (χ3n) is 5.31. The number of anilines is 1. The summed E-state index contributed by atoms with van der Waals surface area (Å²) in [5.74, 6) is 0.357. The highest BCUT2D eigenvalue weighted by Crippen LogP contribution is 2.26. The van der Waals surface area contributed by atoms with Crippen molar-refractivity contribution in [1.82, 2.24) is 4.31 Å². The topological polar surface area (TPSA) is 70.9 Å². The highest BCUT2D eigenvalue weighted by atomic mass is 32.2. The zero-order chi connectivity index (χ0) is 20.1. The monoisotopic (exact) mass is 422 g/mol. The molecule has 1 aliphatic heterocycles. The normalized spacial score (nSPS) is 17.4. The van der Waals surface area contributed by atoms with Crippen molar-refractivity contribution in [2.75, 3.05) is 38.0 Å². The molecule has 1 saturated heterocycles. The van der Waals surface area contributed by atoms with Crippen LogP contribution in [-0.2, 0) is 14.8 Å². The van der Waals surface area contributed by atoms with Gasteiger partial charge in [-0.15, -0.1) is 11.3 Å². The van der Waals surface area contributed by atoms with Crippen molar-refractivity contribution in [2.45, 2.75) is 30.4 Å². The number of rotatable bonds is 7. The van der Waals surface area contributed by atoms with Gasteiger partial charge in [0.25, 0.3) is 15.9 Å². The first-order chi connectivity index (χ1) is 13.4. The van der Waals surface area contributed by atoms with Crippen LogP contribution in [-0.4, -0.2) is 51.4 Å². The fourth-order valence-electron chi connectivity index (χ4n) is 3.44. The lowest BCUT2D eigenvalue weighted by Crippen LogP contribution is -3.15. The van der Waals surface area contributed by atoms with Crippen molar-refractivity contribution in [1.29, 1.82) is 0 Å². The van der Waals surface area contributed by atoms with Crippen molar-refractivity contribution < 1.29 is 18.1 Å². The molecule has 1 atom stereocenters. The SMILES string of the molecule is CC[C@H](C)c1ccccc1NC(=O)C[NH+]1CCN(S(=O)(=O)c2cccs2)CC1. The van der Waals surface area contributed by atoms with Gasteiger partial charge in [0.15, 0.2) is 6.54 Å². The minimum absolute atomic E-state index is 0.0275. The van der Waals surface area contributed by atoms with Crippen molar-refractivity contribution >= 4 is 33.0 Å². The van der Waals surface area contributed by atoms with Crippen LogP contribution in [0.4, 0.5) is 5.69 Å². The fraction of sp³-hybridized carbons (Fsp3) is 0.450. The van der Waals surface area contributed by atoms with Crippen molar-refractivity contribution in [3.05, 3.63) is 47.3 Å². The van der Waals surface area contributed by atoms with Gasteiger partial charge in [-0.05, 0) is 35.4 Å². The summed E-state index contributed by atoms with van der Waals surface area (Å²) in [5.41, 5.74) is 2.03. The lowest BCUT2D eigenvalue weighted by atomic mass is 9.97. The van der Waals surface area contributed by atoms with E-state index in [1.807, 2.05) is 18.2 Å². The summed E-state index contributed by atoms with van der Waals surface area (Å²) in [6.45, 7) is 6.77. The number of piperazine rings is 1. The van der Waals surface area contributed by atoms with Gasteiger partial charge in [-0.25, -0.2) is 8.42 Å². The molecule has 1 aliphatic rings. The van der Waals surface area contributed by atoms with E-state index in [1.165, 1.54) is 15.6 Å². The van der Waals surface area contributed by atoms with Crippen molar-refractivity contribution in [3.8, 4) is 0 Å². The fourth-order valence-corrected chi connectivity index (χ4v) is 6.03. The number of sulfonamides is 1. The van der Waals surface area contributed by atoms with Crippen LogP contribution in [0.1, 0.15) is 31.7 Å². The quantitative estimate of drug-likeness (QED) is 0.715. The summed E-state index contributed by atoms with van der Waals surface area (Å²) in [7, 11) is -3.40. The number of benzene rings is 1. The van der Waals surface area contributed by atoms with Crippen LogP contribution in [0.15, 0.2) is 46.0 Å². The van der Waals surface area contributed by atoms with Gasteiger partial charge >= 0.3 is 0 Å². The van der Waals surface area contributed by atoms with Gasteiger partial charge in [0.2, 0.25) is 0 Å². The van der Waals surface area contributed by atoms with Gasteiger partial charge in [-0.3, -0.25) is 4.79 Å². The van der Waals surface area contributed by atoms with E-state index in [4.69, 9.17) is 0 Å². The maximum Gasteiger partial charge on any atom is 0.279 e. The summed E-state index contributed by atoms with van der Waals surface area (Å²) >= 11 is 1.24. The van der Waals surface area contributed by atoms with Crippen LogP contribution < -0.4 is 10.2 Å². The Morgan fingerprint density at radius 3 is 2.57 bits per heavy atom. The van der Waals surface area contributed by atoms with Crippen LogP contribution in [0.2, 0.25) is 0 Å². The number of carbonyl (C=O) groups excluding carboxylic acids is 1. The van der Waals surface area contributed by atoms with Gasteiger partial charge < -0.3 is 10.2 Å². The Kier molecular flexibility index (Phi) is 6.87. The summed E-state index contributed by atoms with van der Waals surface area (Å²) in [6, 6.07) is 11.3. The van der Waals surface area contributed by atoms with E-state index in [0.717, 1.165) is 22.6 Å². The van der Waals surface area contributed by atoms with E-state index in [-0.39, 0.29) is 5.91 Å². The molecule has 0 spiro atoms. The Balaban J connectivity index is 1.55. The second kappa shape index (κ2) is 9.17. The molecular weight excluding hydrogens is 394 g/mol. The number of hydrogen-bond acceptors (Lipinski definition) is 4. The Morgan fingerprint density at radius 2 is 1.93 bits per heavy atom. The Bertz CT molecular complexity index is 889. The standard InChI is InChI=1S/C20H27N3O3S2/c1-3-16(2)17-7-4-5-8-18(17)21-19(24)15-22-10-12-23(13-11-22)28(25,26)20-9-6-14-27-20/h4-9,14,16H,3,10-13,15H2,1-2H3,(H,21,24)/p+1/t16-/m0/s1. The third-order valence-corrected chi connectivity index (χ3v) is 8.58. The predicted octanol–water partition coefficient (Wildman–Crippen LogP) is 1.79. The third kappa shape index (κ3) is 4.81. The molecule has 28 heavy (non-hydrogen) atoms. The summed E-state index contributed by atoms with van der Waals surface area (Å²) in [5, 5.41) is 4.82. The molecule has 1 aromatic heterocycles. The lowest BCUT2D eigenvalue weighted by molar-refractivity contribution is -0.895. The molecule has 8 heteroatoms. The maximum absolute atomic E-state index is 12.6. The first-order valence-corrected chi connectivity index (χ1v) is 12.0. The molecule has 1 fully saturated rings. The predicted molar refractivity (Wildman–Crippen MR) is 112 cm³/mol. The number of thiophene rings is 1. The number of carbonyl (C=O) groups is 1. The molecule has 0 saturated carbocycles. The molecular formula is C20H28N3O3S2+. The van der Waals surface area contributed by atoms with E-state index >= 15 is 0 Å². The van der Waals surface area contributed by atoms with Gasteiger partial charge in [0, 0.05) is 5.69 Å².